The zero-order chi connectivity index (χ0) is 28.2. The maximum Gasteiger partial charge on any atom is 0.246 e. The van der Waals surface area contributed by atoms with Crippen molar-refractivity contribution in [3.8, 4) is 33.9 Å². The van der Waals surface area contributed by atoms with Crippen molar-refractivity contribution in [3.63, 3.8) is 0 Å². The predicted octanol–water partition coefficient (Wildman–Crippen LogP) is 7.23. The predicted molar refractivity (Wildman–Crippen MR) is 165 cm³/mol. The third-order valence-corrected chi connectivity index (χ3v) is 7.32. The second-order valence-electron chi connectivity index (χ2n) is 9.73. The number of nitrogens with zero attached hydrogens (tertiary/aromatic N) is 5. The van der Waals surface area contributed by atoms with Gasteiger partial charge in [0.05, 0.1) is 24.1 Å². The Labute approximate surface area is 246 Å². The first-order valence-corrected chi connectivity index (χ1v) is 14.1. The van der Waals surface area contributed by atoms with Crippen LogP contribution in [0.3, 0.4) is 0 Å². The van der Waals surface area contributed by atoms with Crippen molar-refractivity contribution < 1.29 is 4.79 Å². The molecule has 0 fully saturated rings. The second kappa shape index (κ2) is 11.7. The van der Waals surface area contributed by atoms with Crippen LogP contribution in [0.15, 0.2) is 120 Å². The fraction of sp³-hybridized carbons (Fsp3) is 0.0909. The number of nitrogens with one attached hydrogen (secondary N) is 1. The Hall–Kier alpha value is -4.82. The minimum atomic E-state index is -0.162. The van der Waals surface area contributed by atoms with Gasteiger partial charge in [-0.3, -0.25) is 4.79 Å². The molecule has 0 radical (unpaired) electrons. The average Bonchev–Trinajstić information content (AvgIpc) is 3.60. The van der Waals surface area contributed by atoms with Gasteiger partial charge >= 0.3 is 0 Å². The van der Waals surface area contributed by atoms with Gasteiger partial charge in [0.25, 0.3) is 0 Å². The molecule has 2 aromatic heterocycles. The molecule has 0 aliphatic rings. The molecule has 41 heavy (non-hydrogen) atoms. The van der Waals surface area contributed by atoms with E-state index in [0.717, 1.165) is 55.3 Å². The number of benzene rings is 4. The molecule has 8 heteroatoms. The maximum absolute atomic E-state index is 12.7. The van der Waals surface area contributed by atoms with Crippen LogP contribution in [-0.4, -0.2) is 30.5 Å². The number of halogens is 1. The van der Waals surface area contributed by atoms with E-state index in [-0.39, 0.29) is 12.5 Å². The monoisotopic (exact) mass is 602 g/mol. The zero-order valence-corrected chi connectivity index (χ0v) is 24.0. The molecule has 0 atom stereocenters. The van der Waals surface area contributed by atoms with Crippen molar-refractivity contribution in [1.82, 2.24) is 24.5 Å². The van der Waals surface area contributed by atoms with E-state index in [2.05, 4.69) is 72.5 Å². The minimum Gasteiger partial charge on any atom is -0.324 e. The highest BCUT2D eigenvalue weighted by Gasteiger charge is 2.22. The molecule has 0 saturated heterocycles. The van der Waals surface area contributed by atoms with Gasteiger partial charge in [0.2, 0.25) is 5.91 Å². The van der Waals surface area contributed by atoms with Crippen LogP contribution in [0.1, 0.15) is 11.3 Å². The Balaban J connectivity index is 1.38. The van der Waals surface area contributed by atoms with Gasteiger partial charge in [0, 0.05) is 26.9 Å². The van der Waals surface area contributed by atoms with E-state index in [4.69, 9.17) is 4.98 Å². The lowest BCUT2D eigenvalue weighted by Gasteiger charge is -2.12. The summed E-state index contributed by atoms with van der Waals surface area (Å²) in [7, 11) is 0. The Morgan fingerprint density at radius 1 is 0.805 bits per heavy atom. The van der Waals surface area contributed by atoms with Gasteiger partial charge in [0.15, 0.2) is 0 Å². The quantitative estimate of drug-likeness (QED) is 0.199. The van der Waals surface area contributed by atoms with Gasteiger partial charge in [0.1, 0.15) is 18.1 Å². The first-order chi connectivity index (χ1) is 20.0. The Morgan fingerprint density at radius 3 is 2.17 bits per heavy atom. The number of aryl methyl sites for hydroxylation is 1. The number of carbonyl (C=O) groups is 1. The summed E-state index contributed by atoms with van der Waals surface area (Å²) in [4.78, 5) is 17.9. The number of amides is 1. The minimum absolute atomic E-state index is 0.0612. The first kappa shape index (κ1) is 26.4. The lowest BCUT2D eigenvalue weighted by atomic mass is 10.0. The average molecular weight is 604 g/mol. The number of aromatic nitrogens is 5. The molecular weight excluding hydrogens is 576 g/mol. The van der Waals surface area contributed by atoms with Crippen LogP contribution >= 0.6 is 15.9 Å². The summed E-state index contributed by atoms with van der Waals surface area (Å²) in [5.74, 6) is 0.660. The van der Waals surface area contributed by atoms with E-state index in [1.54, 1.807) is 4.68 Å². The van der Waals surface area contributed by atoms with Crippen LogP contribution < -0.4 is 5.32 Å². The maximum atomic E-state index is 12.7. The van der Waals surface area contributed by atoms with Gasteiger partial charge in [-0.2, -0.15) is 0 Å². The highest BCUT2D eigenvalue weighted by Crippen LogP contribution is 2.37. The van der Waals surface area contributed by atoms with E-state index in [1.165, 1.54) is 0 Å². The molecule has 0 bridgehead atoms. The van der Waals surface area contributed by atoms with Crippen LogP contribution in [0.4, 0.5) is 5.69 Å². The molecular formula is C33H27BrN6O. The summed E-state index contributed by atoms with van der Waals surface area (Å²) in [6.45, 7) is 2.45. The summed E-state index contributed by atoms with van der Waals surface area (Å²) in [6, 6.07) is 36.3. The largest absolute Gasteiger partial charge is 0.324 e. The van der Waals surface area contributed by atoms with Crippen molar-refractivity contribution in [2.45, 2.75) is 20.0 Å². The molecule has 1 amide bonds. The van der Waals surface area contributed by atoms with E-state index in [1.807, 2.05) is 85.9 Å². The fourth-order valence-electron chi connectivity index (χ4n) is 4.81. The van der Waals surface area contributed by atoms with Crippen molar-refractivity contribution in [2.24, 2.45) is 0 Å². The summed E-state index contributed by atoms with van der Waals surface area (Å²) in [5, 5.41) is 11.7. The number of hydrogen-bond donors (Lipinski definition) is 1. The summed E-state index contributed by atoms with van der Waals surface area (Å²) in [5.41, 5.74) is 7.45. The van der Waals surface area contributed by atoms with E-state index in [9.17, 15) is 4.79 Å². The van der Waals surface area contributed by atoms with Crippen LogP contribution in [0.5, 0.6) is 0 Å². The smallest absolute Gasteiger partial charge is 0.246 e. The molecule has 0 aliphatic heterocycles. The number of carbonyl (C=O) groups excluding carboxylic acids is 1. The van der Waals surface area contributed by atoms with Crippen molar-refractivity contribution >= 4 is 27.5 Å². The standard InChI is InChI=1S/C33H27BrN6O/c1-23-10-8-9-15-29(23)35-30(41)22-39-20-28(37-38-39)21-40-32(25-13-6-3-7-14-25)31(24-11-4-2-5-12-24)36-33(40)26-16-18-27(34)19-17-26/h2-20H,21-22H2,1H3,(H,35,41). The Morgan fingerprint density at radius 2 is 1.46 bits per heavy atom. The number of hydrogen-bond acceptors (Lipinski definition) is 4. The third kappa shape index (κ3) is 5.88. The molecule has 7 nitrogen and oxygen atoms in total. The number of imidazole rings is 1. The molecule has 4 aromatic carbocycles. The van der Waals surface area contributed by atoms with E-state index >= 15 is 0 Å². The lowest BCUT2D eigenvalue weighted by molar-refractivity contribution is -0.116. The second-order valence-corrected chi connectivity index (χ2v) is 10.6. The molecule has 6 rings (SSSR count). The number of para-hydroxylation sites is 1. The van der Waals surface area contributed by atoms with Crippen LogP contribution in [0, 0.1) is 6.92 Å². The van der Waals surface area contributed by atoms with Crippen LogP contribution in [0.2, 0.25) is 0 Å². The topological polar surface area (TPSA) is 77.6 Å². The number of anilines is 1. The number of rotatable bonds is 8. The first-order valence-electron chi connectivity index (χ1n) is 13.3. The molecule has 6 aromatic rings. The van der Waals surface area contributed by atoms with Crippen molar-refractivity contribution in [1.29, 1.82) is 0 Å². The molecule has 0 saturated carbocycles. The summed E-state index contributed by atoms with van der Waals surface area (Å²) >= 11 is 3.55. The zero-order valence-electron chi connectivity index (χ0n) is 22.4. The van der Waals surface area contributed by atoms with E-state index < -0.39 is 0 Å². The normalized spacial score (nSPS) is 11.0. The molecule has 0 aliphatic carbocycles. The van der Waals surface area contributed by atoms with Gasteiger partial charge in [-0.25, -0.2) is 9.67 Å². The Kier molecular flexibility index (Phi) is 7.56. The van der Waals surface area contributed by atoms with E-state index in [0.29, 0.717) is 6.54 Å². The highest BCUT2D eigenvalue weighted by atomic mass is 79.9. The Bertz CT molecular complexity index is 1790. The van der Waals surface area contributed by atoms with Gasteiger partial charge in [-0.05, 0) is 30.7 Å². The summed E-state index contributed by atoms with van der Waals surface area (Å²) in [6.07, 6.45) is 1.82. The highest BCUT2D eigenvalue weighted by molar-refractivity contribution is 9.10. The fourth-order valence-corrected chi connectivity index (χ4v) is 5.08. The van der Waals surface area contributed by atoms with Gasteiger partial charge < -0.3 is 9.88 Å². The van der Waals surface area contributed by atoms with Crippen molar-refractivity contribution in [3.05, 3.63) is 131 Å². The van der Waals surface area contributed by atoms with Crippen LogP contribution in [0.25, 0.3) is 33.9 Å². The lowest BCUT2D eigenvalue weighted by Crippen LogP contribution is -2.19. The summed E-state index contributed by atoms with van der Waals surface area (Å²) < 4.78 is 4.75. The third-order valence-electron chi connectivity index (χ3n) is 6.80. The molecule has 0 spiro atoms. The molecule has 202 valence electrons. The SMILES string of the molecule is Cc1ccccc1NC(=O)Cn1cc(Cn2c(-c3ccc(Br)cc3)nc(-c3ccccc3)c2-c2ccccc2)nn1. The molecule has 1 N–H and O–H groups in total. The molecule has 0 unspecified atom stereocenters. The molecule has 2 heterocycles. The van der Waals surface area contributed by atoms with Gasteiger partial charge in [-0.15, -0.1) is 5.10 Å². The van der Waals surface area contributed by atoms with Crippen LogP contribution in [-0.2, 0) is 17.9 Å². The van der Waals surface area contributed by atoms with Crippen molar-refractivity contribution in [2.75, 3.05) is 5.32 Å². The van der Waals surface area contributed by atoms with Gasteiger partial charge in [-0.1, -0.05) is 112 Å².